The third-order valence-electron chi connectivity index (χ3n) is 2.63. The Balaban J connectivity index is 1.90. The molecule has 0 saturated carbocycles. The summed E-state index contributed by atoms with van der Waals surface area (Å²) in [5.74, 6) is 1.36. The first-order valence-electron chi connectivity index (χ1n) is 5.83. The minimum Gasteiger partial charge on any atom is -0.490 e. The topological polar surface area (TPSA) is 52.6 Å². The van der Waals surface area contributed by atoms with Gasteiger partial charge in [-0.25, -0.2) is 0 Å². The molecule has 0 heterocycles. The summed E-state index contributed by atoms with van der Waals surface area (Å²) in [5, 5.41) is 0. The third-order valence-corrected chi connectivity index (χ3v) is 3.14. The fraction of sp³-hybridized carbons (Fsp3) is 0.385. The second-order valence-electron chi connectivity index (χ2n) is 4.29. The van der Waals surface area contributed by atoms with Crippen LogP contribution >= 0.6 is 0 Å². The Morgan fingerprint density at radius 3 is 2.50 bits per heavy atom. The Morgan fingerprint density at radius 2 is 1.94 bits per heavy atom. The van der Waals surface area contributed by atoms with E-state index in [-0.39, 0.29) is 6.10 Å². The van der Waals surface area contributed by atoms with Gasteiger partial charge in [0, 0.05) is 12.8 Å². The van der Waals surface area contributed by atoms with Crippen molar-refractivity contribution in [3.8, 4) is 5.75 Å². The molecule has 1 aliphatic rings. The molecular formula is C13H16O4S. The second-order valence-corrected chi connectivity index (χ2v) is 5.86. The molecule has 4 nitrogen and oxygen atoms in total. The lowest BCUT2D eigenvalue weighted by atomic mass is 10.0. The van der Waals surface area contributed by atoms with E-state index in [1.54, 1.807) is 6.08 Å². The highest BCUT2D eigenvalue weighted by atomic mass is 32.2. The molecule has 1 unspecified atom stereocenters. The van der Waals surface area contributed by atoms with Gasteiger partial charge in [0.05, 0.1) is 6.26 Å². The van der Waals surface area contributed by atoms with Crippen molar-refractivity contribution < 1.29 is 17.3 Å². The van der Waals surface area contributed by atoms with E-state index >= 15 is 0 Å². The number of hydrogen-bond acceptors (Lipinski definition) is 4. The van der Waals surface area contributed by atoms with Gasteiger partial charge in [-0.2, -0.15) is 8.42 Å². The fourth-order valence-electron chi connectivity index (χ4n) is 1.85. The summed E-state index contributed by atoms with van der Waals surface area (Å²) in [6.45, 7) is 0. The molecule has 5 heteroatoms. The monoisotopic (exact) mass is 268 g/mol. The minimum atomic E-state index is -3.41. The zero-order chi connectivity index (χ0) is 13.0. The van der Waals surface area contributed by atoms with Crippen molar-refractivity contribution in [1.82, 2.24) is 0 Å². The Labute approximate surface area is 107 Å². The molecule has 0 fully saturated rings. The smallest absolute Gasteiger partial charge is 0.305 e. The van der Waals surface area contributed by atoms with E-state index < -0.39 is 10.1 Å². The maximum Gasteiger partial charge on any atom is 0.305 e. The van der Waals surface area contributed by atoms with Gasteiger partial charge in [-0.05, 0) is 24.6 Å². The summed E-state index contributed by atoms with van der Waals surface area (Å²) in [7, 11) is -3.41. The molecule has 0 bridgehead atoms. The van der Waals surface area contributed by atoms with Crippen molar-refractivity contribution in [2.45, 2.75) is 25.4 Å². The van der Waals surface area contributed by atoms with E-state index in [0.717, 1.165) is 18.4 Å². The average molecular weight is 268 g/mol. The van der Waals surface area contributed by atoms with Crippen molar-refractivity contribution in [2.75, 3.05) is 6.26 Å². The van der Waals surface area contributed by atoms with Crippen LogP contribution in [0.2, 0.25) is 0 Å². The molecule has 0 aromatic heterocycles. The van der Waals surface area contributed by atoms with Crippen LogP contribution in [0.3, 0.4) is 0 Å². The average Bonchev–Trinajstić information content (AvgIpc) is 2.31. The number of benzene rings is 1. The van der Waals surface area contributed by atoms with Crippen molar-refractivity contribution in [3.05, 3.63) is 42.2 Å². The van der Waals surface area contributed by atoms with Gasteiger partial charge in [-0.3, -0.25) is 0 Å². The van der Waals surface area contributed by atoms with Crippen LogP contribution < -0.4 is 4.74 Å². The van der Waals surface area contributed by atoms with Crippen LogP contribution in [0.5, 0.6) is 5.75 Å². The predicted octanol–water partition coefficient (Wildman–Crippen LogP) is 2.48. The van der Waals surface area contributed by atoms with E-state index in [0.29, 0.717) is 18.6 Å². The number of para-hydroxylation sites is 1. The highest BCUT2D eigenvalue weighted by Gasteiger charge is 2.18. The molecule has 0 N–H and O–H groups in total. The lowest BCUT2D eigenvalue weighted by Crippen LogP contribution is -2.20. The summed E-state index contributed by atoms with van der Waals surface area (Å²) >= 11 is 0. The largest absolute Gasteiger partial charge is 0.490 e. The van der Waals surface area contributed by atoms with Crippen molar-refractivity contribution in [3.63, 3.8) is 0 Å². The van der Waals surface area contributed by atoms with Gasteiger partial charge in [0.15, 0.2) is 0 Å². The molecule has 1 aliphatic carbocycles. The zero-order valence-corrected chi connectivity index (χ0v) is 11.0. The molecule has 0 spiro atoms. The van der Waals surface area contributed by atoms with Gasteiger partial charge in [-0.15, -0.1) is 0 Å². The van der Waals surface area contributed by atoms with Gasteiger partial charge in [0.25, 0.3) is 0 Å². The van der Waals surface area contributed by atoms with Gasteiger partial charge in [-0.1, -0.05) is 18.2 Å². The molecule has 18 heavy (non-hydrogen) atoms. The normalized spacial score (nSPS) is 20.1. The summed E-state index contributed by atoms with van der Waals surface area (Å²) < 4.78 is 32.6. The first-order chi connectivity index (χ1) is 8.53. The Kier molecular flexibility index (Phi) is 3.91. The van der Waals surface area contributed by atoms with Crippen LogP contribution in [-0.2, 0) is 14.3 Å². The lowest BCUT2D eigenvalue weighted by Gasteiger charge is -2.22. The molecule has 98 valence electrons. The molecule has 1 atom stereocenters. The predicted molar refractivity (Wildman–Crippen MR) is 68.7 cm³/mol. The summed E-state index contributed by atoms with van der Waals surface area (Å²) in [4.78, 5) is 0. The second kappa shape index (κ2) is 5.44. The first kappa shape index (κ1) is 13.0. The van der Waals surface area contributed by atoms with Crippen LogP contribution in [-0.4, -0.2) is 20.8 Å². The zero-order valence-electron chi connectivity index (χ0n) is 10.2. The summed E-state index contributed by atoms with van der Waals surface area (Å²) in [5.41, 5.74) is 0. The first-order valence-corrected chi connectivity index (χ1v) is 7.65. The fourth-order valence-corrected chi connectivity index (χ4v) is 2.39. The van der Waals surface area contributed by atoms with Crippen molar-refractivity contribution >= 4 is 10.1 Å². The quantitative estimate of drug-likeness (QED) is 0.787. The van der Waals surface area contributed by atoms with E-state index in [1.807, 2.05) is 30.3 Å². The highest BCUT2D eigenvalue weighted by Crippen LogP contribution is 2.24. The van der Waals surface area contributed by atoms with Crippen LogP contribution in [0.4, 0.5) is 0 Å². The Morgan fingerprint density at radius 1 is 1.22 bits per heavy atom. The van der Waals surface area contributed by atoms with E-state index in [2.05, 4.69) is 0 Å². The molecule has 0 radical (unpaired) electrons. The van der Waals surface area contributed by atoms with Gasteiger partial charge in [0.2, 0.25) is 0 Å². The molecular weight excluding hydrogens is 252 g/mol. The SMILES string of the molecule is CS(=O)(=O)OC1=CCC(Oc2ccccc2)CC1. The third kappa shape index (κ3) is 4.07. The number of allylic oxidation sites excluding steroid dienone is 1. The van der Waals surface area contributed by atoms with E-state index in [9.17, 15) is 8.42 Å². The van der Waals surface area contributed by atoms with E-state index in [4.69, 9.17) is 8.92 Å². The summed E-state index contributed by atoms with van der Waals surface area (Å²) in [6.07, 6.45) is 4.94. The van der Waals surface area contributed by atoms with Gasteiger partial charge < -0.3 is 8.92 Å². The van der Waals surface area contributed by atoms with Gasteiger partial charge >= 0.3 is 10.1 Å². The minimum absolute atomic E-state index is 0.0827. The standard InChI is InChI=1S/C13H16O4S/c1-18(14,15)17-13-9-7-12(8-10-13)16-11-5-3-2-4-6-11/h2-6,9,12H,7-8,10H2,1H3. The van der Waals surface area contributed by atoms with Crippen molar-refractivity contribution in [2.24, 2.45) is 0 Å². The maximum atomic E-state index is 11.0. The molecule has 0 amide bonds. The van der Waals surface area contributed by atoms with Crippen LogP contribution in [0, 0.1) is 0 Å². The number of rotatable bonds is 4. The number of hydrogen-bond donors (Lipinski definition) is 0. The van der Waals surface area contributed by atoms with E-state index in [1.165, 1.54) is 0 Å². The van der Waals surface area contributed by atoms with Crippen LogP contribution in [0.25, 0.3) is 0 Å². The van der Waals surface area contributed by atoms with Crippen LogP contribution in [0.15, 0.2) is 42.2 Å². The van der Waals surface area contributed by atoms with Gasteiger partial charge in [0.1, 0.15) is 17.6 Å². The molecule has 1 aromatic rings. The Bertz CT molecular complexity index is 519. The maximum absolute atomic E-state index is 11.0. The summed E-state index contributed by atoms with van der Waals surface area (Å²) in [6, 6.07) is 9.60. The molecule has 2 rings (SSSR count). The molecule has 1 aromatic carbocycles. The van der Waals surface area contributed by atoms with Crippen molar-refractivity contribution in [1.29, 1.82) is 0 Å². The molecule has 0 aliphatic heterocycles. The lowest BCUT2D eigenvalue weighted by molar-refractivity contribution is 0.179. The molecule has 0 saturated heterocycles. The Hall–Kier alpha value is -1.49. The number of ether oxygens (including phenoxy) is 1. The van der Waals surface area contributed by atoms with Crippen LogP contribution in [0.1, 0.15) is 19.3 Å². The highest BCUT2D eigenvalue weighted by molar-refractivity contribution is 7.86.